The second-order valence-electron chi connectivity index (χ2n) is 6.77. The normalized spacial score (nSPS) is 17.0. The lowest BCUT2D eigenvalue weighted by Crippen LogP contribution is -2.33. The maximum absolute atomic E-state index is 12.8. The van der Waals surface area contributed by atoms with E-state index in [1.54, 1.807) is 11.3 Å². The summed E-state index contributed by atoms with van der Waals surface area (Å²) in [5, 5.41) is 3.62. The first-order valence-corrected chi connectivity index (χ1v) is 9.68. The fraction of sp³-hybridized carbons (Fsp3) is 0.611. The third-order valence-electron chi connectivity index (χ3n) is 4.70. The monoisotopic (exact) mass is 347 g/mol. The molecule has 0 saturated carbocycles. The van der Waals surface area contributed by atoms with Crippen molar-refractivity contribution >= 4 is 27.5 Å². The van der Waals surface area contributed by atoms with Gasteiger partial charge in [-0.1, -0.05) is 26.7 Å². The maximum Gasteiger partial charge on any atom is 0.262 e. The number of unbranched alkanes of at least 4 members (excludes halogenated alkanes) is 2. The van der Waals surface area contributed by atoms with Crippen molar-refractivity contribution in [2.75, 3.05) is 6.54 Å². The fourth-order valence-electron chi connectivity index (χ4n) is 3.29. The molecule has 0 aliphatic heterocycles. The van der Waals surface area contributed by atoms with Gasteiger partial charge in [0.2, 0.25) is 5.91 Å². The number of fused-ring (bicyclic) bond motifs is 3. The molecule has 0 spiro atoms. The summed E-state index contributed by atoms with van der Waals surface area (Å²) in [7, 11) is 0. The van der Waals surface area contributed by atoms with E-state index >= 15 is 0 Å². The molecule has 0 aromatic carbocycles. The summed E-state index contributed by atoms with van der Waals surface area (Å²) < 4.78 is 1.45. The number of nitrogens with zero attached hydrogens (tertiary/aromatic N) is 2. The molecule has 130 valence electrons. The van der Waals surface area contributed by atoms with Crippen molar-refractivity contribution in [3.05, 3.63) is 27.1 Å². The molecule has 2 aromatic heterocycles. The molecule has 5 nitrogen and oxygen atoms in total. The number of rotatable bonds is 6. The molecule has 2 aromatic rings. The Hall–Kier alpha value is -1.69. The van der Waals surface area contributed by atoms with Crippen molar-refractivity contribution in [1.29, 1.82) is 0 Å². The van der Waals surface area contributed by atoms with Gasteiger partial charge < -0.3 is 5.32 Å². The lowest BCUT2D eigenvalue weighted by atomic mass is 9.89. The Balaban J connectivity index is 1.79. The Bertz CT molecular complexity index is 793. The van der Waals surface area contributed by atoms with Crippen molar-refractivity contribution in [2.24, 2.45) is 5.92 Å². The number of aromatic nitrogens is 2. The van der Waals surface area contributed by atoms with Crippen molar-refractivity contribution in [1.82, 2.24) is 14.9 Å². The summed E-state index contributed by atoms with van der Waals surface area (Å²) in [5.74, 6) is 0.550. The van der Waals surface area contributed by atoms with Crippen LogP contribution in [0.15, 0.2) is 11.1 Å². The highest BCUT2D eigenvalue weighted by atomic mass is 32.1. The Labute approximate surface area is 146 Å². The van der Waals surface area contributed by atoms with Crippen LogP contribution in [0.1, 0.15) is 50.0 Å². The van der Waals surface area contributed by atoms with Gasteiger partial charge in [-0.2, -0.15) is 0 Å². The van der Waals surface area contributed by atoms with Crippen LogP contribution in [0, 0.1) is 5.92 Å². The summed E-state index contributed by atoms with van der Waals surface area (Å²) in [6, 6.07) is 0. The smallest absolute Gasteiger partial charge is 0.262 e. The number of thiophene rings is 1. The van der Waals surface area contributed by atoms with Crippen LogP contribution in [-0.4, -0.2) is 22.0 Å². The van der Waals surface area contributed by atoms with Crippen LogP contribution in [0.5, 0.6) is 0 Å². The molecule has 1 atom stereocenters. The molecular formula is C18H25N3O2S. The van der Waals surface area contributed by atoms with Gasteiger partial charge in [0, 0.05) is 11.4 Å². The van der Waals surface area contributed by atoms with E-state index in [1.807, 2.05) is 0 Å². The van der Waals surface area contributed by atoms with E-state index < -0.39 is 0 Å². The lowest BCUT2D eigenvalue weighted by Gasteiger charge is -2.17. The van der Waals surface area contributed by atoms with Crippen molar-refractivity contribution < 1.29 is 4.79 Å². The molecule has 1 aliphatic carbocycles. The van der Waals surface area contributed by atoms with Crippen molar-refractivity contribution in [3.63, 3.8) is 0 Å². The molecule has 0 saturated heterocycles. The number of nitrogens with one attached hydrogen (secondary N) is 1. The zero-order chi connectivity index (χ0) is 17.1. The average Bonchev–Trinajstić information content (AvgIpc) is 2.92. The van der Waals surface area contributed by atoms with E-state index in [9.17, 15) is 9.59 Å². The zero-order valence-corrected chi connectivity index (χ0v) is 15.2. The molecule has 0 radical (unpaired) electrons. The molecule has 3 rings (SSSR count). The minimum absolute atomic E-state index is 0.0505. The Morgan fingerprint density at radius 1 is 1.46 bits per heavy atom. The van der Waals surface area contributed by atoms with E-state index in [1.165, 1.54) is 21.3 Å². The Morgan fingerprint density at radius 3 is 3.08 bits per heavy atom. The predicted octanol–water partition coefficient (Wildman–Crippen LogP) is 2.89. The molecule has 0 fully saturated rings. The summed E-state index contributed by atoms with van der Waals surface area (Å²) in [6.07, 6.45) is 7.82. The summed E-state index contributed by atoms with van der Waals surface area (Å²) in [4.78, 5) is 31.4. The van der Waals surface area contributed by atoms with E-state index in [2.05, 4.69) is 24.1 Å². The zero-order valence-electron chi connectivity index (χ0n) is 14.4. The Morgan fingerprint density at radius 2 is 2.29 bits per heavy atom. The maximum atomic E-state index is 12.8. The van der Waals surface area contributed by atoms with Gasteiger partial charge >= 0.3 is 0 Å². The second-order valence-corrected chi connectivity index (χ2v) is 7.85. The van der Waals surface area contributed by atoms with Gasteiger partial charge in [0.1, 0.15) is 11.4 Å². The third kappa shape index (κ3) is 3.53. The van der Waals surface area contributed by atoms with E-state index in [0.717, 1.165) is 48.7 Å². The predicted molar refractivity (Wildman–Crippen MR) is 97.6 cm³/mol. The minimum Gasteiger partial charge on any atom is -0.355 e. The SMILES string of the molecule is CCCCCNC(=O)Cn1cnc2sc3c(c2c1=O)CC[C@H](C)C3. The molecule has 1 amide bonds. The molecule has 0 unspecified atom stereocenters. The molecule has 1 aliphatic rings. The first kappa shape index (κ1) is 17.1. The summed E-state index contributed by atoms with van der Waals surface area (Å²) in [5.41, 5.74) is 1.10. The lowest BCUT2D eigenvalue weighted by molar-refractivity contribution is -0.121. The number of carbonyl (C=O) groups is 1. The first-order chi connectivity index (χ1) is 11.6. The van der Waals surface area contributed by atoms with Crippen LogP contribution in [0.3, 0.4) is 0 Å². The van der Waals surface area contributed by atoms with Crippen LogP contribution in [0.2, 0.25) is 0 Å². The van der Waals surface area contributed by atoms with Crippen molar-refractivity contribution in [2.45, 2.75) is 58.9 Å². The fourth-order valence-corrected chi connectivity index (χ4v) is 4.63. The van der Waals surface area contributed by atoms with Crippen molar-refractivity contribution in [3.8, 4) is 0 Å². The topological polar surface area (TPSA) is 64.0 Å². The van der Waals surface area contributed by atoms with Gasteiger partial charge in [-0.05, 0) is 37.2 Å². The molecular weight excluding hydrogens is 322 g/mol. The van der Waals surface area contributed by atoms with Crippen LogP contribution in [0.25, 0.3) is 10.2 Å². The number of hydrogen-bond donors (Lipinski definition) is 1. The highest BCUT2D eigenvalue weighted by Crippen LogP contribution is 2.35. The summed E-state index contributed by atoms with van der Waals surface area (Å²) >= 11 is 1.64. The standard InChI is InChI=1S/C18H25N3O2S/c1-3-4-5-8-19-15(22)10-21-11-20-17-16(18(21)23)13-7-6-12(2)9-14(13)24-17/h11-12H,3-10H2,1-2H3,(H,19,22)/t12-/m0/s1. The largest absolute Gasteiger partial charge is 0.355 e. The van der Waals surface area contributed by atoms with Gasteiger partial charge in [-0.25, -0.2) is 4.98 Å². The van der Waals surface area contributed by atoms with Gasteiger partial charge in [0.15, 0.2) is 0 Å². The van der Waals surface area contributed by atoms with Crippen LogP contribution < -0.4 is 10.9 Å². The highest BCUT2D eigenvalue weighted by Gasteiger charge is 2.23. The first-order valence-electron chi connectivity index (χ1n) is 8.86. The van der Waals surface area contributed by atoms with Gasteiger partial charge in [0.05, 0.1) is 11.7 Å². The van der Waals surface area contributed by atoms with E-state index in [0.29, 0.717) is 12.5 Å². The van der Waals surface area contributed by atoms with Crippen LogP contribution >= 0.6 is 11.3 Å². The number of hydrogen-bond acceptors (Lipinski definition) is 4. The summed E-state index contributed by atoms with van der Waals surface area (Å²) in [6.45, 7) is 5.10. The molecule has 2 heterocycles. The number of amides is 1. The molecule has 24 heavy (non-hydrogen) atoms. The average molecular weight is 347 g/mol. The number of carbonyl (C=O) groups excluding carboxylic acids is 1. The molecule has 0 bridgehead atoms. The van der Waals surface area contributed by atoms with Gasteiger partial charge in [-0.15, -0.1) is 11.3 Å². The Kier molecular flexibility index (Phi) is 5.33. The highest BCUT2D eigenvalue weighted by molar-refractivity contribution is 7.18. The minimum atomic E-state index is -0.118. The molecule has 1 N–H and O–H groups in total. The third-order valence-corrected chi connectivity index (χ3v) is 5.86. The van der Waals surface area contributed by atoms with Crippen LogP contribution in [-0.2, 0) is 24.2 Å². The van der Waals surface area contributed by atoms with Crippen LogP contribution in [0.4, 0.5) is 0 Å². The van der Waals surface area contributed by atoms with Gasteiger partial charge in [-0.3, -0.25) is 14.2 Å². The van der Waals surface area contributed by atoms with Gasteiger partial charge in [0.25, 0.3) is 5.56 Å². The quantitative estimate of drug-likeness (QED) is 0.817. The van der Waals surface area contributed by atoms with E-state index in [-0.39, 0.29) is 18.0 Å². The number of aryl methyl sites for hydroxylation is 1. The molecule has 6 heteroatoms. The second kappa shape index (κ2) is 7.47. The van der Waals surface area contributed by atoms with E-state index in [4.69, 9.17) is 0 Å².